The van der Waals surface area contributed by atoms with Gasteiger partial charge in [0.25, 0.3) is 0 Å². The van der Waals surface area contributed by atoms with Crippen LogP contribution in [0.2, 0.25) is 0 Å². The molecule has 1 aliphatic heterocycles. The number of rotatable bonds is 1. The standard InChI is InChI=1S/C12H16OS/c1-10-4-2-5-11(8-10)12(13)6-3-7-14-9-12/h2,4-5,8,13H,3,6-7,9H2,1H3/t12-/m1/s1. The van der Waals surface area contributed by atoms with E-state index in [1.54, 1.807) is 0 Å². The quantitative estimate of drug-likeness (QED) is 0.765. The lowest BCUT2D eigenvalue weighted by atomic mass is 9.90. The maximum atomic E-state index is 10.4. The van der Waals surface area contributed by atoms with Crippen LogP contribution in [0.3, 0.4) is 0 Å². The van der Waals surface area contributed by atoms with Gasteiger partial charge in [0.1, 0.15) is 0 Å². The largest absolute Gasteiger partial charge is 0.384 e. The molecule has 0 amide bonds. The van der Waals surface area contributed by atoms with Gasteiger partial charge in [0.2, 0.25) is 0 Å². The van der Waals surface area contributed by atoms with Crippen molar-refractivity contribution in [3.63, 3.8) is 0 Å². The van der Waals surface area contributed by atoms with Crippen LogP contribution in [0, 0.1) is 6.92 Å². The lowest BCUT2D eigenvalue weighted by molar-refractivity contribution is 0.0495. The number of aryl methyl sites for hydroxylation is 1. The third-order valence-corrected chi connectivity index (χ3v) is 4.03. The van der Waals surface area contributed by atoms with Crippen LogP contribution in [0.25, 0.3) is 0 Å². The van der Waals surface area contributed by atoms with Gasteiger partial charge in [0.05, 0.1) is 5.60 Å². The van der Waals surface area contributed by atoms with Gasteiger partial charge in [-0.15, -0.1) is 0 Å². The fraction of sp³-hybridized carbons (Fsp3) is 0.500. The van der Waals surface area contributed by atoms with Crippen LogP contribution >= 0.6 is 11.8 Å². The van der Waals surface area contributed by atoms with Gasteiger partial charge in [-0.3, -0.25) is 0 Å². The molecule has 1 heterocycles. The fourth-order valence-electron chi connectivity index (χ4n) is 1.94. The molecule has 76 valence electrons. The molecule has 14 heavy (non-hydrogen) atoms. The minimum atomic E-state index is -0.574. The topological polar surface area (TPSA) is 20.2 Å². The predicted molar refractivity (Wildman–Crippen MR) is 61.6 cm³/mol. The summed E-state index contributed by atoms with van der Waals surface area (Å²) in [5, 5.41) is 10.4. The van der Waals surface area contributed by atoms with Crippen LogP contribution in [-0.4, -0.2) is 16.6 Å². The maximum absolute atomic E-state index is 10.4. The van der Waals surface area contributed by atoms with Crippen molar-refractivity contribution in [2.24, 2.45) is 0 Å². The van der Waals surface area contributed by atoms with Gasteiger partial charge >= 0.3 is 0 Å². The number of hydrogen-bond acceptors (Lipinski definition) is 2. The molecule has 0 aromatic heterocycles. The maximum Gasteiger partial charge on any atom is 0.0986 e. The van der Waals surface area contributed by atoms with E-state index in [0.717, 1.165) is 24.2 Å². The Labute approximate surface area is 89.5 Å². The second-order valence-electron chi connectivity index (χ2n) is 4.06. The van der Waals surface area contributed by atoms with Crippen molar-refractivity contribution in [2.45, 2.75) is 25.4 Å². The molecule has 0 spiro atoms. The molecule has 1 atom stereocenters. The van der Waals surface area contributed by atoms with E-state index >= 15 is 0 Å². The van der Waals surface area contributed by atoms with Crippen LogP contribution in [0.5, 0.6) is 0 Å². The van der Waals surface area contributed by atoms with E-state index in [1.165, 1.54) is 11.3 Å². The Morgan fingerprint density at radius 2 is 2.29 bits per heavy atom. The van der Waals surface area contributed by atoms with E-state index in [9.17, 15) is 5.11 Å². The third kappa shape index (κ3) is 1.96. The van der Waals surface area contributed by atoms with Crippen molar-refractivity contribution in [2.75, 3.05) is 11.5 Å². The first-order chi connectivity index (χ1) is 6.71. The first kappa shape index (κ1) is 10.1. The Hall–Kier alpha value is -0.470. The molecule has 0 bridgehead atoms. The minimum Gasteiger partial charge on any atom is -0.384 e. The average Bonchev–Trinajstić information content (AvgIpc) is 2.19. The summed E-state index contributed by atoms with van der Waals surface area (Å²) < 4.78 is 0. The SMILES string of the molecule is Cc1cccc([C@@]2(O)CCCSC2)c1. The molecule has 0 saturated carbocycles. The van der Waals surface area contributed by atoms with Gasteiger partial charge in [0.15, 0.2) is 0 Å². The van der Waals surface area contributed by atoms with Crippen LogP contribution in [-0.2, 0) is 5.60 Å². The molecular formula is C12H16OS. The Morgan fingerprint density at radius 1 is 1.43 bits per heavy atom. The summed E-state index contributed by atoms with van der Waals surface area (Å²) in [5.74, 6) is 2.03. The summed E-state index contributed by atoms with van der Waals surface area (Å²) in [6, 6.07) is 8.25. The highest BCUT2D eigenvalue weighted by Crippen LogP contribution is 2.35. The summed E-state index contributed by atoms with van der Waals surface area (Å²) in [6.07, 6.45) is 2.03. The smallest absolute Gasteiger partial charge is 0.0986 e. The van der Waals surface area contributed by atoms with Gasteiger partial charge in [0, 0.05) is 5.75 Å². The fourth-order valence-corrected chi connectivity index (χ4v) is 3.08. The Morgan fingerprint density at radius 3 is 2.93 bits per heavy atom. The normalized spacial score (nSPS) is 27.6. The molecule has 2 rings (SSSR count). The lowest BCUT2D eigenvalue weighted by Crippen LogP contribution is -2.31. The summed E-state index contributed by atoms with van der Waals surface area (Å²) in [6.45, 7) is 2.07. The molecule has 1 aromatic carbocycles. The molecular weight excluding hydrogens is 192 g/mol. The van der Waals surface area contributed by atoms with Gasteiger partial charge in [-0.1, -0.05) is 29.8 Å². The Balaban J connectivity index is 2.28. The number of thioether (sulfide) groups is 1. The second kappa shape index (κ2) is 3.95. The molecule has 0 radical (unpaired) electrons. The van der Waals surface area contributed by atoms with Gasteiger partial charge in [-0.05, 0) is 31.1 Å². The van der Waals surface area contributed by atoms with Crippen LogP contribution in [0.15, 0.2) is 24.3 Å². The highest BCUT2D eigenvalue weighted by Gasteiger charge is 2.31. The molecule has 1 fully saturated rings. The molecule has 2 heteroatoms. The predicted octanol–water partition coefficient (Wildman–Crippen LogP) is 2.71. The van der Waals surface area contributed by atoms with Crippen molar-refractivity contribution in [3.8, 4) is 0 Å². The second-order valence-corrected chi connectivity index (χ2v) is 5.16. The summed E-state index contributed by atoms with van der Waals surface area (Å²) in [7, 11) is 0. The minimum absolute atomic E-state index is 0.574. The molecule has 1 N–H and O–H groups in total. The zero-order chi connectivity index (χ0) is 10.0. The monoisotopic (exact) mass is 208 g/mol. The van der Waals surface area contributed by atoms with E-state index in [2.05, 4.69) is 19.1 Å². The third-order valence-electron chi connectivity index (χ3n) is 2.78. The molecule has 1 aliphatic rings. The van der Waals surface area contributed by atoms with Crippen molar-refractivity contribution in [3.05, 3.63) is 35.4 Å². The van der Waals surface area contributed by atoms with E-state index in [1.807, 2.05) is 23.9 Å². The van der Waals surface area contributed by atoms with E-state index in [0.29, 0.717) is 0 Å². The first-order valence-electron chi connectivity index (χ1n) is 5.08. The van der Waals surface area contributed by atoms with Crippen LogP contribution in [0.4, 0.5) is 0 Å². The average molecular weight is 208 g/mol. The number of benzene rings is 1. The molecule has 0 unspecified atom stereocenters. The zero-order valence-electron chi connectivity index (χ0n) is 8.49. The van der Waals surface area contributed by atoms with Crippen LogP contribution in [0.1, 0.15) is 24.0 Å². The molecule has 1 saturated heterocycles. The van der Waals surface area contributed by atoms with Gasteiger partial charge < -0.3 is 5.11 Å². The van der Waals surface area contributed by atoms with Crippen molar-refractivity contribution in [1.82, 2.24) is 0 Å². The summed E-state index contributed by atoms with van der Waals surface area (Å²) in [4.78, 5) is 0. The summed E-state index contributed by atoms with van der Waals surface area (Å²) in [5.41, 5.74) is 1.74. The van der Waals surface area contributed by atoms with Gasteiger partial charge in [-0.25, -0.2) is 0 Å². The number of aliphatic hydroxyl groups is 1. The van der Waals surface area contributed by atoms with E-state index in [-0.39, 0.29) is 0 Å². The highest BCUT2D eigenvalue weighted by molar-refractivity contribution is 7.99. The van der Waals surface area contributed by atoms with Crippen molar-refractivity contribution in [1.29, 1.82) is 0 Å². The van der Waals surface area contributed by atoms with E-state index < -0.39 is 5.60 Å². The Kier molecular flexibility index (Phi) is 2.84. The lowest BCUT2D eigenvalue weighted by Gasteiger charge is -2.32. The first-order valence-corrected chi connectivity index (χ1v) is 6.23. The molecule has 1 aromatic rings. The zero-order valence-corrected chi connectivity index (χ0v) is 9.31. The number of hydrogen-bond donors (Lipinski definition) is 1. The summed E-state index contributed by atoms with van der Waals surface area (Å²) >= 11 is 1.85. The van der Waals surface area contributed by atoms with Crippen molar-refractivity contribution < 1.29 is 5.11 Å². The van der Waals surface area contributed by atoms with Crippen molar-refractivity contribution >= 4 is 11.8 Å². The van der Waals surface area contributed by atoms with Crippen LogP contribution < -0.4 is 0 Å². The van der Waals surface area contributed by atoms with E-state index in [4.69, 9.17) is 0 Å². The van der Waals surface area contributed by atoms with Gasteiger partial charge in [-0.2, -0.15) is 11.8 Å². The Bertz CT molecular complexity index is 316. The molecule has 0 aliphatic carbocycles. The highest BCUT2D eigenvalue weighted by atomic mass is 32.2. The molecule has 1 nitrogen and oxygen atoms in total.